The molecular weight excluding hydrogens is 326 g/mol. The van der Waals surface area contributed by atoms with E-state index in [-0.39, 0.29) is 24.3 Å². The van der Waals surface area contributed by atoms with Gasteiger partial charge in [-0.15, -0.1) is 0 Å². The first-order valence-electron chi connectivity index (χ1n) is 7.64. The molecular formula is C18H20ClN3O2. The fourth-order valence-corrected chi connectivity index (χ4v) is 2.00. The van der Waals surface area contributed by atoms with Crippen molar-refractivity contribution in [1.29, 1.82) is 0 Å². The summed E-state index contributed by atoms with van der Waals surface area (Å²) in [6, 6.07) is 14.1. The van der Waals surface area contributed by atoms with E-state index in [4.69, 9.17) is 11.6 Å². The van der Waals surface area contributed by atoms with Crippen molar-refractivity contribution in [3.63, 3.8) is 0 Å². The van der Waals surface area contributed by atoms with E-state index < -0.39 is 0 Å². The molecule has 0 unspecified atom stereocenters. The summed E-state index contributed by atoms with van der Waals surface area (Å²) in [6.07, 6.45) is 0. The molecule has 0 bridgehead atoms. The van der Waals surface area contributed by atoms with Crippen LogP contribution in [0.2, 0.25) is 5.02 Å². The van der Waals surface area contributed by atoms with Gasteiger partial charge in [-0.05, 0) is 48.5 Å². The van der Waals surface area contributed by atoms with Gasteiger partial charge in [-0.2, -0.15) is 0 Å². The zero-order valence-corrected chi connectivity index (χ0v) is 14.4. The van der Waals surface area contributed by atoms with Gasteiger partial charge in [0.2, 0.25) is 11.8 Å². The number of benzene rings is 2. The highest BCUT2D eigenvalue weighted by Crippen LogP contribution is 2.15. The molecule has 6 heteroatoms. The number of nitrogens with one attached hydrogen (secondary N) is 3. The maximum absolute atomic E-state index is 11.9. The van der Waals surface area contributed by atoms with Crippen LogP contribution in [0.15, 0.2) is 48.5 Å². The Bertz CT molecular complexity index is 697. The first-order valence-corrected chi connectivity index (χ1v) is 8.02. The lowest BCUT2D eigenvalue weighted by atomic mass is 10.2. The fraction of sp³-hybridized carbons (Fsp3) is 0.222. The molecule has 3 N–H and O–H groups in total. The van der Waals surface area contributed by atoms with Gasteiger partial charge in [-0.25, -0.2) is 0 Å². The first-order chi connectivity index (χ1) is 11.4. The Balaban J connectivity index is 1.83. The van der Waals surface area contributed by atoms with Gasteiger partial charge in [0.05, 0.1) is 6.54 Å². The van der Waals surface area contributed by atoms with E-state index in [1.165, 1.54) is 0 Å². The van der Waals surface area contributed by atoms with Crippen LogP contribution in [0, 0.1) is 5.92 Å². The predicted octanol–water partition coefficient (Wildman–Crippen LogP) is 3.99. The fourth-order valence-electron chi connectivity index (χ4n) is 1.88. The summed E-state index contributed by atoms with van der Waals surface area (Å²) in [5.41, 5.74) is 2.19. The van der Waals surface area contributed by atoms with Crippen LogP contribution in [0.4, 0.5) is 17.1 Å². The van der Waals surface area contributed by atoms with Crippen molar-refractivity contribution in [2.75, 3.05) is 22.5 Å². The van der Waals surface area contributed by atoms with Crippen molar-refractivity contribution >= 4 is 40.5 Å². The standard InChI is InChI=1S/C18H20ClN3O2/c1-12(2)18(24)22-16-9-7-15(8-10-16)21-17(23)11-20-14-5-3-13(19)4-6-14/h3-10,12,20H,11H2,1-2H3,(H,21,23)(H,22,24). The highest BCUT2D eigenvalue weighted by atomic mass is 35.5. The minimum atomic E-state index is -0.163. The number of amides is 2. The van der Waals surface area contributed by atoms with Gasteiger partial charge in [0.25, 0.3) is 0 Å². The van der Waals surface area contributed by atoms with Gasteiger partial charge in [0.15, 0.2) is 0 Å². The van der Waals surface area contributed by atoms with Gasteiger partial charge < -0.3 is 16.0 Å². The molecule has 0 heterocycles. The zero-order valence-electron chi connectivity index (χ0n) is 13.6. The minimum Gasteiger partial charge on any atom is -0.376 e. The van der Waals surface area contributed by atoms with Crippen LogP contribution in [0.3, 0.4) is 0 Å². The second kappa shape index (κ2) is 8.36. The average molecular weight is 346 g/mol. The van der Waals surface area contributed by atoms with Crippen molar-refractivity contribution < 1.29 is 9.59 Å². The third-order valence-electron chi connectivity index (χ3n) is 3.26. The molecule has 0 radical (unpaired) electrons. The summed E-state index contributed by atoms with van der Waals surface area (Å²) < 4.78 is 0. The normalized spacial score (nSPS) is 10.3. The number of carbonyl (C=O) groups excluding carboxylic acids is 2. The molecule has 0 saturated heterocycles. The molecule has 126 valence electrons. The monoisotopic (exact) mass is 345 g/mol. The lowest BCUT2D eigenvalue weighted by Crippen LogP contribution is -2.21. The Kier molecular flexibility index (Phi) is 6.21. The van der Waals surface area contributed by atoms with E-state index >= 15 is 0 Å². The molecule has 2 amide bonds. The Morgan fingerprint density at radius 3 is 1.92 bits per heavy atom. The summed E-state index contributed by atoms with van der Waals surface area (Å²) in [4.78, 5) is 23.6. The summed E-state index contributed by atoms with van der Waals surface area (Å²) in [5.74, 6) is -0.286. The Hall–Kier alpha value is -2.53. The van der Waals surface area contributed by atoms with Crippen LogP contribution in [-0.2, 0) is 9.59 Å². The van der Waals surface area contributed by atoms with E-state index in [1.807, 2.05) is 26.0 Å². The zero-order chi connectivity index (χ0) is 17.5. The second-order valence-electron chi connectivity index (χ2n) is 5.63. The Labute approximate surface area is 146 Å². The maximum atomic E-state index is 11.9. The largest absolute Gasteiger partial charge is 0.376 e. The number of anilines is 3. The lowest BCUT2D eigenvalue weighted by Gasteiger charge is -2.10. The lowest BCUT2D eigenvalue weighted by molar-refractivity contribution is -0.119. The molecule has 2 aromatic rings. The van der Waals surface area contributed by atoms with Crippen LogP contribution < -0.4 is 16.0 Å². The molecule has 0 aromatic heterocycles. The van der Waals surface area contributed by atoms with Crippen LogP contribution >= 0.6 is 11.6 Å². The van der Waals surface area contributed by atoms with E-state index in [0.717, 1.165) is 5.69 Å². The molecule has 0 fully saturated rings. The van der Waals surface area contributed by atoms with Crippen molar-refractivity contribution in [3.05, 3.63) is 53.6 Å². The van der Waals surface area contributed by atoms with Crippen molar-refractivity contribution in [1.82, 2.24) is 0 Å². The number of rotatable bonds is 6. The van der Waals surface area contributed by atoms with E-state index in [0.29, 0.717) is 16.4 Å². The molecule has 0 aliphatic carbocycles. The van der Waals surface area contributed by atoms with Crippen LogP contribution in [0.5, 0.6) is 0 Å². The van der Waals surface area contributed by atoms with Crippen molar-refractivity contribution in [2.45, 2.75) is 13.8 Å². The van der Waals surface area contributed by atoms with E-state index in [1.54, 1.807) is 36.4 Å². The number of hydrogen-bond donors (Lipinski definition) is 3. The molecule has 24 heavy (non-hydrogen) atoms. The molecule has 2 aromatic carbocycles. The first kappa shape index (κ1) is 17.8. The third kappa shape index (κ3) is 5.59. The third-order valence-corrected chi connectivity index (χ3v) is 3.51. The van der Waals surface area contributed by atoms with Gasteiger partial charge in [-0.1, -0.05) is 25.4 Å². The quantitative estimate of drug-likeness (QED) is 0.741. The molecule has 2 rings (SSSR count). The Morgan fingerprint density at radius 2 is 1.38 bits per heavy atom. The molecule has 0 spiro atoms. The summed E-state index contributed by atoms with van der Waals surface area (Å²) in [5, 5.41) is 9.25. The summed E-state index contributed by atoms with van der Waals surface area (Å²) >= 11 is 5.81. The van der Waals surface area contributed by atoms with Crippen LogP contribution in [0.25, 0.3) is 0 Å². The predicted molar refractivity (Wildman–Crippen MR) is 98.5 cm³/mol. The smallest absolute Gasteiger partial charge is 0.243 e. The average Bonchev–Trinajstić information content (AvgIpc) is 2.56. The number of hydrogen-bond acceptors (Lipinski definition) is 3. The maximum Gasteiger partial charge on any atom is 0.243 e. The van der Waals surface area contributed by atoms with Crippen molar-refractivity contribution in [2.24, 2.45) is 5.92 Å². The highest BCUT2D eigenvalue weighted by molar-refractivity contribution is 6.30. The van der Waals surface area contributed by atoms with E-state index in [9.17, 15) is 9.59 Å². The van der Waals surface area contributed by atoms with Gasteiger partial charge in [-0.3, -0.25) is 9.59 Å². The topological polar surface area (TPSA) is 70.2 Å². The number of carbonyl (C=O) groups is 2. The second-order valence-corrected chi connectivity index (χ2v) is 6.07. The van der Waals surface area contributed by atoms with Crippen LogP contribution in [-0.4, -0.2) is 18.4 Å². The van der Waals surface area contributed by atoms with Crippen LogP contribution in [0.1, 0.15) is 13.8 Å². The molecule has 0 atom stereocenters. The van der Waals surface area contributed by atoms with Crippen molar-refractivity contribution in [3.8, 4) is 0 Å². The van der Waals surface area contributed by atoms with Gasteiger partial charge in [0.1, 0.15) is 0 Å². The molecule has 0 aliphatic heterocycles. The number of halogens is 1. The SMILES string of the molecule is CC(C)C(=O)Nc1ccc(NC(=O)CNc2ccc(Cl)cc2)cc1. The summed E-state index contributed by atoms with van der Waals surface area (Å²) in [7, 11) is 0. The minimum absolute atomic E-state index is 0.0426. The summed E-state index contributed by atoms with van der Waals surface area (Å²) in [6.45, 7) is 3.81. The van der Waals surface area contributed by atoms with E-state index in [2.05, 4.69) is 16.0 Å². The van der Waals surface area contributed by atoms with Gasteiger partial charge >= 0.3 is 0 Å². The Morgan fingerprint density at radius 1 is 0.875 bits per heavy atom. The molecule has 0 aliphatic rings. The van der Waals surface area contributed by atoms with Gasteiger partial charge in [0, 0.05) is 28.0 Å². The highest BCUT2D eigenvalue weighted by Gasteiger charge is 2.07. The molecule has 0 saturated carbocycles. The molecule has 5 nitrogen and oxygen atoms in total.